The fraction of sp³-hybridized carbons (Fsp3) is 0.471. The van der Waals surface area contributed by atoms with Crippen molar-refractivity contribution < 1.29 is 16.7 Å². The molecule has 3 rings (SSSR count). The summed E-state index contributed by atoms with van der Waals surface area (Å²) in [5.74, 6) is 0.472. The summed E-state index contributed by atoms with van der Waals surface area (Å²) < 4.78 is 31.2. The van der Waals surface area contributed by atoms with Crippen LogP contribution in [0.15, 0.2) is 36.0 Å². The first-order valence-electron chi connectivity index (χ1n) is 7.73. The van der Waals surface area contributed by atoms with Crippen molar-refractivity contribution in [3.63, 3.8) is 0 Å². The molecule has 0 heterocycles. The number of carbonyl (C=O) groups excluding carboxylic acids is 1. The molecule has 2 saturated carbocycles. The molecule has 0 aromatic heterocycles. The summed E-state index contributed by atoms with van der Waals surface area (Å²) in [6, 6.07) is 5.89. The third-order valence-electron chi connectivity index (χ3n) is 5.95. The molecule has 5 nitrogen and oxygen atoms in total. The molecule has 2 aliphatic rings. The number of nitrogens with one attached hydrogen (secondary N) is 1. The summed E-state index contributed by atoms with van der Waals surface area (Å²) in [6.07, 6.45) is 3.72. The standard InChI is InChI=1S/C17H22AsNO4/c1-16(2)14-8-9-17(16,3)15(20)13(14)10-19-12-6-4-11(5-7-12)18(21,22)23/h4-7,10,14,19H,8-9H2,1-3H3,(H2,21,22,23)/p-1. The van der Waals surface area contributed by atoms with Crippen molar-refractivity contribution in [3.05, 3.63) is 36.0 Å². The monoisotopic (exact) mass is 378 g/mol. The van der Waals surface area contributed by atoms with E-state index in [1.165, 1.54) is 12.1 Å². The summed E-state index contributed by atoms with van der Waals surface area (Å²) in [5, 5.41) is 3.09. The van der Waals surface area contributed by atoms with Crippen LogP contribution in [-0.4, -0.2) is 24.1 Å². The van der Waals surface area contributed by atoms with Crippen molar-refractivity contribution in [3.8, 4) is 0 Å². The van der Waals surface area contributed by atoms with Crippen LogP contribution in [0.1, 0.15) is 33.6 Å². The Morgan fingerprint density at radius 3 is 2.39 bits per heavy atom. The molecule has 23 heavy (non-hydrogen) atoms. The number of anilines is 1. The normalized spacial score (nSPS) is 33.0. The Balaban J connectivity index is 1.82. The van der Waals surface area contributed by atoms with Gasteiger partial charge in [0.25, 0.3) is 0 Å². The van der Waals surface area contributed by atoms with Gasteiger partial charge in [-0.1, -0.05) is 0 Å². The molecule has 6 heteroatoms. The Hall–Kier alpha value is -1.29. The zero-order chi connectivity index (χ0) is 17.0. The number of carbonyl (C=O) groups is 1. The summed E-state index contributed by atoms with van der Waals surface area (Å²) >= 11 is -5.09. The maximum absolute atomic E-state index is 12.7. The molecule has 3 atom stereocenters. The molecule has 124 valence electrons. The molecule has 0 radical (unpaired) electrons. The van der Waals surface area contributed by atoms with Crippen molar-refractivity contribution in [2.24, 2.45) is 16.7 Å². The predicted octanol–water partition coefficient (Wildman–Crippen LogP) is 0.937. The minimum absolute atomic E-state index is 0.0318. The van der Waals surface area contributed by atoms with Crippen LogP contribution >= 0.6 is 0 Å². The van der Waals surface area contributed by atoms with E-state index in [0.717, 1.165) is 18.4 Å². The van der Waals surface area contributed by atoms with E-state index in [4.69, 9.17) is 4.10 Å². The Kier molecular flexibility index (Phi) is 3.67. The first-order valence-corrected chi connectivity index (χ1v) is 11.0. The van der Waals surface area contributed by atoms with Gasteiger partial charge in [-0.3, -0.25) is 0 Å². The number of benzene rings is 1. The van der Waals surface area contributed by atoms with E-state index in [1.54, 1.807) is 18.3 Å². The van der Waals surface area contributed by atoms with Crippen molar-refractivity contribution >= 4 is 30.0 Å². The average Bonchev–Trinajstić information content (AvgIpc) is 2.77. The first kappa shape index (κ1) is 16.6. The van der Waals surface area contributed by atoms with Crippen LogP contribution in [-0.2, 0) is 8.53 Å². The summed E-state index contributed by atoms with van der Waals surface area (Å²) in [7, 11) is 0. The third kappa shape index (κ3) is 2.42. The Bertz CT molecular complexity index is 731. The van der Waals surface area contributed by atoms with Crippen LogP contribution in [0.25, 0.3) is 0 Å². The average molecular weight is 378 g/mol. The molecule has 2 aliphatic carbocycles. The molecule has 0 saturated heterocycles. The van der Waals surface area contributed by atoms with Gasteiger partial charge in [0.1, 0.15) is 0 Å². The van der Waals surface area contributed by atoms with Gasteiger partial charge in [-0.15, -0.1) is 0 Å². The van der Waals surface area contributed by atoms with Gasteiger partial charge in [0.15, 0.2) is 0 Å². The van der Waals surface area contributed by atoms with Gasteiger partial charge in [0.2, 0.25) is 0 Å². The van der Waals surface area contributed by atoms with E-state index in [2.05, 4.69) is 26.1 Å². The van der Waals surface area contributed by atoms with Crippen molar-refractivity contribution in [2.45, 2.75) is 33.6 Å². The summed E-state index contributed by atoms with van der Waals surface area (Å²) in [6.45, 7) is 6.38. The van der Waals surface area contributed by atoms with Gasteiger partial charge in [-0.05, 0) is 0 Å². The molecule has 2 bridgehead atoms. The second-order valence-electron chi connectivity index (χ2n) is 7.29. The van der Waals surface area contributed by atoms with E-state index in [9.17, 15) is 12.6 Å². The van der Waals surface area contributed by atoms with E-state index < -0.39 is 14.2 Å². The number of allylic oxidation sites excluding steroid dienone is 1. The maximum atomic E-state index is 12.7. The number of rotatable bonds is 3. The van der Waals surface area contributed by atoms with Crippen molar-refractivity contribution in [2.75, 3.05) is 5.32 Å². The molecule has 1 aromatic rings. The first-order chi connectivity index (χ1) is 10.6. The van der Waals surface area contributed by atoms with E-state index in [0.29, 0.717) is 5.69 Å². The second-order valence-corrected chi connectivity index (χ2v) is 10.6. The van der Waals surface area contributed by atoms with Crippen LogP contribution in [0.5, 0.6) is 0 Å². The number of ketones is 1. The van der Waals surface area contributed by atoms with Crippen LogP contribution in [0.4, 0.5) is 5.69 Å². The van der Waals surface area contributed by atoms with E-state index in [-0.39, 0.29) is 26.9 Å². The molecule has 2 N–H and O–H groups in total. The Labute approximate surface area is 138 Å². The summed E-state index contributed by atoms with van der Waals surface area (Å²) in [4.78, 5) is 12.7. The molecular formula is C17H21AsNO4-. The fourth-order valence-corrected chi connectivity index (χ4v) is 5.10. The minimum atomic E-state index is -5.09. The topological polar surface area (TPSA) is 89.5 Å². The van der Waals surface area contributed by atoms with Gasteiger partial charge < -0.3 is 0 Å². The second kappa shape index (κ2) is 5.10. The molecule has 0 aliphatic heterocycles. The van der Waals surface area contributed by atoms with Gasteiger partial charge in [-0.2, -0.15) is 0 Å². The van der Waals surface area contributed by atoms with Crippen LogP contribution in [0, 0.1) is 16.7 Å². The van der Waals surface area contributed by atoms with E-state index in [1.807, 2.05) is 0 Å². The fourth-order valence-electron chi connectivity index (χ4n) is 4.00. The third-order valence-corrected chi connectivity index (χ3v) is 7.95. The number of hydrogen-bond donors (Lipinski definition) is 2. The van der Waals surface area contributed by atoms with Crippen LogP contribution in [0.3, 0.4) is 0 Å². The molecule has 2 fully saturated rings. The van der Waals surface area contributed by atoms with Gasteiger partial charge in [-0.25, -0.2) is 0 Å². The number of hydrogen-bond acceptors (Lipinski definition) is 4. The van der Waals surface area contributed by atoms with Gasteiger partial charge in [0, 0.05) is 0 Å². The quantitative estimate of drug-likeness (QED) is 0.604. The molecule has 1 aromatic carbocycles. The SMILES string of the molecule is CC12CCC(C(=CNc3ccc([As](=O)([O-])O)cc3)C1=O)C2(C)C. The number of Topliss-reactive ketones (excluding diaryl/α,β-unsaturated/α-hetero) is 1. The molecular weight excluding hydrogens is 357 g/mol. The summed E-state index contributed by atoms with van der Waals surface area (Å²) in [5.41, 5.74) is 1.19. The van der Waals surface area contributed by atoms with Crippen molar-refractivity contribution in [1.82, 2.24) is 0 Å². The van der Waals surface area contributed by atoms with Crippen LogP contribution in [0.2, 0.25) is 0 Å². The van der Waals surface area contributed by atoms with Gasteiger partial charge in [0.05, 0.1) is 0 Å². The molecule has 0 amide bonds. The molecule has 3 unspecified atom stereocenters. The predicted molar refractivity (Wildman–Crippen MR) is 86.1 cm³/mol. The van der Waals surface area contributed by atoms with Gasteiger partial charge >= 0.3 is 138 Å². The Morgan fingerprint density at radius 1 is 1.30 bits per heavy atom. The van der Waals surface area contributed by atoms with Crippen molar-refractivity contribution in [1.29, 1.82) is 0 Å². The zero-order valence-corrected chi connectivity index (χ0v) is 15.4. The Morgan fingerprint density at radius 2 is 1.91 bits per heavy atom. The molecule has 0 spiro atoms. The van der Waals surface area contributed by atoms with E-state index >= 15 is 0 Å². The zero-order valence-electron chi connectivity index (χ0n) is 13.5. The van der Waals surface area contributed by atoms with Crippen LogP contribution < -0.4 is 13.8 Å². The number of fused-ring (bicyclic) bond motifs is 2.